The Kier molecular flexibility index (Phi) is 4.42. The van der Waals surface area contributed by atoms with Gasteiger partial charge in [0.1, 0.15) is 0 Å². The van der Waals surface area contributed by atoms with E-state index in [9.17, 15) is 4.79 Å². The Morgan fingerprint density at radius 1 is 1.69 bits per heavy atom. The summed E-state index contributed by atoms with van der Waals surface area (Å²) >= 11 is 0. The van der Waals surface area contributed by atoms with E-state index in [-0.39, 0.29) is 12.5 Å². The monoisotopic (exact) mass is 184 g/mol. The van der Waals surface area contributed by atoms with Gasteiger partial charge in [0.2, 0.25) is 5.91 Å². The fraction of sp³-hybridized carbons (Fsp3) is 0.750. The maximum absolute atomic E-state index is 10.7. The number of hydrogen-bond donors (Lipinski definition) is 2. The molecule has 74 valence electrons. The molecule has 0 radical (unpaired) electrons. The number of hydrogen-bond acceptors (Lipinski definition) is 4. The van der Waals surface area contributed by atoms with Gasteiger partial charge >= 0.3 is 0 Å². The molecule has 5 nitrogen and oxygen atoms in total. The SMILES string of the molecule is NCC(=O)NCCCN1CC=NC1. The molecule has 0 aliphatic carbocycles. The van der Waals surface area contributed by atoms with Crippen molar-refractivity contribution in [3.05, 3.63) is 0 Å². The summed E-state index contributed by atoms with van der Waals surface area (Å²) < 4.78 is 0. The summed E-state index contributed by atoms with van der Waals surface area (Å²) in [6.45, 7) is 3.49. The molecule has 0 bridgehead atoms. The quantitative estimate of drug-likeness (QED) is 0.527. The zero-order chi connectivity index (χ0) is 9.52. The van der Waals surface area contributed by atoms with Crippen molar-refractivity contribution in [2.75, 3.05) is 32.8 Å². The van der Waals surface area contributed by atoms with Crippen molar-refractivity contribution in [1.82, 2.24) is 10.2 Å². The molecule has 0 saturated carbocycles. The molecular formula is C8H16N4O. The Balaban J connectivity index is 1.92. The Labute approximate surface area is 78.0 Å². The molecule has 0 atom stereocenters. The van der Waals surface area contributed by atoms with E-state index in [0.29, 0.717) is 6.54 Å². The average molecular weight is 184 g/mol. The lowest BCUT2D eigenvalue weighted by atomic mass is 10.4. The summed E-state index contributed by atoms with van der Waals surface area (Å²) in [5.41, 5.74) is 5.13. The minimum Gasteiger partial charge on any atom is -0.355 e. The van der Waals surface area contributed by atoms with Crippen LogP contribution in [0, 0.1) is 0 Å². The van der Waals surface area contributed by atoms with Gasteiger partial charge in [-0.25, -0.2) is 0 Å². The van der Waals surface area contributed by atoms with Gasteiger partial charge in [0, 0.05) is 25.8 Å². The lowest BCUT2D eigenvalue weighted by Crippen LogP contribution is -2.33. The largest absolute Gasteiger partial charge is 0.355 e. The molecule has 1 aliphatic heterocycles. The van der Waals surface area contributed by atoms with Crippen LogP contribution in [0.15, 0.2) is 4.99 Å². The molecule has 0 aromatic rings. The third kappa shape index (κ3) is 4.00. The zero-order valence-corrected chi connectivity index (χ0v) is 7.70. The molecule has 0 saturated heterocycles. The molecule has 1 amide bonds. The topological polar surface area (TPSA) is 70.7 Å². The second-order valence-corrected chi connectivity index (χ2v) is 2.99. The third-order valence-corrected chi connectivity index (χ3v) is 1.91. The first-order valence-electron chi connectivity index (χ1n) is 4.50. The Morgan fingerprint density at radius 2 is 2.54 bits per heavy atom. The second-order valence-electron chi connectivity index (χ2n) is 2.99. The highest BCUT2D eigenvalue weighted by atomic mass is 16.1. The maximum Gasteiger partial charge on any atom is 0.233 e. The van der Waals surface area contributed by atoms with E-state index in [0.717, 1.165) is 26.2 Å². The van der Waals surface area contributed by atoms with Crippen molar-refractivity contribution in [3.63, 3.8) is 0 Å². The first-order chi connectivity index (χ1) is 6.33. The van der Waals surface area contributed by atoms with Gasteiger partial charge in [-0.15, -0.1) is 0 Å². The molecule has 0 fully saturated rings. The van der Waals surface area contributed by atoms with E-state index >= 15 is 0 Å². The van der Waals surface area contributed by atoms with Crippen LogP contribution in [0.4, 0.5) is 0 Å². The first kappa shape index (κ1) is 10.1. The Bertz CT molecular complexity index is 185. The molecule has 13 heavy (non-hydrogen) atoms. The lowest BCUT2D eigenvalue weighted by molar-refractivity contribution is -0.119. The highest BCUT2D eigenvalue weighted by molar-refractivity contribution is 5.77. The highest BCUT2D eigenvalue weighted by Gasteiger charge is 2.05. The number of amides is 1. The Morgan fingerprint density at radius 3 is 3.15 bits per heavy atom. The first-order valence-corrected chi connectivity index (χ1v) is 4.50. The molecule has 1 rings (SSSR count). The van der Waals surface area contributed by atoms with Crippen LogP contribution in [0.25, 0.3) is 0 Å². The smallest absolute Gasteiger partial charge is 0.233 e. The minimum atomic E-state index is -0.0855. The normalized spacial score (nSPS) is 16.4. The number of carbonyl (C=O) groups is 1. The van der Waals surface area contributed by atoms with E-state index in [1.54, 1.807) is 0 Å². The van der Waals surface area contributed by atoms with Crippen LogP contribution in [-0.2, 0) is 4.79 Å². The number of nitrogens with two attached hydrogens (primary N) is 1. The summed E-state index contributed by atoms with van der Waals surface area (Å²) in [5.74, 6) is -0.0855. The summed E-state index contributed by atoms with van der Waals surface area (Å²) in [6.07, 6.45) is 2.87. The van der Waals surface area contributed by atoms with Gasteiger partial charge in [-0.2, -0.15) is 0 Å². The zero-order valence-electron chi connectivity index (χ0n) is 7.70. The van der Waals surface area contributed by atoms with Crippen molar-refractivity contribution in [2.45, 2.75) is 6.42 Å². The average Bonchev–Trinajstić information content (AvgIpc) is 2.64. The maximum atomic E-state index is 10.7. The standard InChI is InChI=1S/C8H16N4O/c9-6-8(13)11-2-1-4-12-5-3-10-7-12/h3H,1-2,4-7,9H2,(H,11,13). The molecule has 0 unspecified atom stereocenters. The van der Waals surface area contributed by atoms with Gasteiger partial charge in [-0.3, -0.25) is 14.7 Å². The van der Waals surface area contributed by atoms with Crippen molar-refractivity contribution >= 4 is 12.1 Å². The molecule has 1 aliphatic rings. The summed E-state index contributed by atoms with van der Waals surface area (Å²) in [7, 11) is 0. The predicted octanol–water partition coefficient (Wildman–Crippen LogP) is -1.20. The molecule has 0 spiro atoms. The van der Waals surface area contributed by atoms with Gasteiger partial charge in [0.25, 0.3) is 0 Å². The van der Waals surface area contributed by atoms with Crippen LogP contribution in [-0.4, -0.2) is 49.9 Å². The summed E-state index contributed by atoms with van der Waals surface area (Å²) in [5, 5.41) is 2.72. The van der Waals surface area contributed by atoms with Gasteiger partial charge in [-0.05, 0) is 6.42 Å². The van der Waals surface area contributed by atoms with Crippen molar-refractivity contribution in [1.29, 1.82) is 0 Å². The molecule has 3 N–H and O–H groups in total. The van der Waals surface area contributed by atoms with Crippen LogP contribution in [0.2, 0.25) is 0 Å². The summed E-state index contributed by atoms with van der Waals surface area (Å²) in [6, 6.07) is 0. The van der Waals surface area contributed by atoms with Gasteiger partial charge in [0.15, 0.2) is 0 Å². The van der Waals surface area contributed by atoms with Crippen molar-refractivity contribution in [3.8, 4) is 0 Å². The fourth-order valence-corrected chi connectivity index (χ4v) is 1.17. The molecule has 5 heteroatoms. The van der Waals surface area contributed by atoms with Crippen molar-refractivity contribution in [2.24, 2.45) is 10.7 Å². The van der Waals surface area contributed by atoms with E-state index in [2.05, 4.69) is 15.2 Å². The van der Waals surface area contributed by atoms with E-state index < -0.39 is 0 Å². The summed E-state index contributed by atoms with van der Waals surface area (Å²) in [4.78, 5) is 17.0. The number of nitrogens with zero attached hydrogens (tertiary/aromatic N) is 2. The fourth-order valence-electron chi connectivity index (χ4n) is 1.17. The van der Waals surface area contributed by atoms with Crippen LogP contribution in [0.5, 0.6) is 0 Å². The lowest BCUT2D eigenvalue weighted by Gasteiger charge is -2.12. The third-order valence-electron chi connectivity index (χ3n) is 1.91. The minimum absolute atomic E-state index is 0.0762. The van der Waals surface area contributed by atoms with Gasteiger partial charge in [0.05, 0.1) is 13.2 Å². The van der Waals surface area contributed by atoms with Crippen molar-refractivity contribution < 1.29 is 4.79 Å². The molecule has 1 heterocycles. The number of nitrogens with one attached hydrogen (secondary N) is 1. The second kappa shape index (κ2) is 5.66. The van der Waals surface area contributed by atoms with Gasteiger partial charge in [-0.1, -0.05) is 0 Å². The van der Waals surface area contributed by atoms with E-state index in [1.165, 1.54) is 0 Å². The van der Waals surface area contributed by atoms with Gasteiger partial charge < -0.3 is 11.1 Å². The van der Waals surface area contributed by atoms with E-state index in [4.69, 9.17) is 5.73 Å². The molecular weight excluding hydrogens is 168 g/mol. The molecule has 0 aromatic carbocycles. The highest BCUT2D eigenvalue weighted by Crippen LogP contribution is 1.94. The number of aliphatic imine (C=N–C) groups is 1. The van der Waals surface area contributed by atoms with Crippen LogP contribution < -0.4 is 11.1 Å². The van der Waals surface area contributed by atoms with Crippen LogP contribution in [0.3, 0.4) is 0 Å². The van der Waals surface area contributed by atoms with Crippen LogP contribution >= 0.6 is 0 Å². The van der Waals surface area contributed by atoms with Crippen LogP contribution in [0.1, 0.15) is 6.42 Å². The number of rotatable bonds is 5. The Hall–Kier alpha value is -0.940. The van der Waals surface area contributed by atoms with E-state index in [1.807, 2.05) is 6.21 Å². The molecule has 0 aromatic heterocycles. The predicted molar refractivity (Wildman–Crippen MR) is 51.6 cm³/mol. The number of carbonyl (C=O) groups excluding carboxylic acids is 1.